The maximum atomic E-state index is 12.6. The van der Waals surface area contributed by atoms with Crippen LogP contribution in [-0.4, -0.2) is 40.3 Å². The number of nitrogens with zero attached hydrogens (tertiary/aromatic N) is 3. The second kappa shape index (κ2) is 5.23. The summed E-state index contributed by atoms with van der Waals surface area (Å²) in [6.45, 7) is -0.359. The van der Waals surface area contributed by atoms with Crippen molar-refractivity contribution in [3.63, 3.8) is 0 Å². The van der Waals surface area contributed by atoms with E-state index in [1.54, 1.807) is 13.0 Å². The van der Waals surface area contributed by atoms with E-state index in [-0.39, 0.29) is 5.82 Å². The third kappa shape index (κ3) is 3.35. The maximum absolute atomic E-state index is 12.6. The van der Waals surface area contributed by atoms with Crippen LogP contribution in [-0.2, 0) is 4.79 Å². The predicted molar refractivity (Wildman–Crippen MR) is 68.1 cm³/mol. The van der Waals surface area contributed by atoms with Gasteiger partial charge in [-0.3, -0.25) is 4.79 Å². The number of aromatic nitrogens is 2. The molecule has 1 N–H and O–H groups in total. The van der Waals surface area contributed by atoms with Crippen LogP contribution in [0.15, 0.2) is 12.4 Å². The predicted octanol–water partition coefficient (Wildman–Crippen LogP) is 2.45. The molecule has 0 aliphatic rings. The molecule has 0 unspecified atom stereocenters. The fraction of sp³-hybridized carbons (Fsp3) is 0.364. The van der Waals surface area contributed by atoms with Crippen molar-refractivity contribution in [3.05, 3.63) is 17.3 Å². The van der Waals surface area contributed by atoms with Crippen LogP contribution >= 0.6 is 11.3 Å². The second-order valence-electron chi connectivity index (χ2n) is 4.14. The molecule has 0 fully saturated rings. The molecule has 0 saturated heterocycles. The van der Waals surface area contributed by atoms with Crippen LogP contribution in [0.1, 0.15) is 4.88 Å². The van der Waals surface area contributed by atoms with Gasteiger partial charge in [-0.05, 0) is 13.0 Å². The lowest BCUT2D eigenvalue weighted by Crippen LogP contribution is -2.38. The van der Waals surface area contributed by atoms with Gasteiger partial charge in [-0.25, -0.2) is 9.97 Å². The van der Waals surface area contributed by atoms with Crippen molar-refractivity contribution in [2.75, 3.05) is 18.0 Å². The van der Waals surface area contributed by atoms with Crippen LogP contribution in [0.4, 0.5) is 19.0 Å². The van der Waals surface area contributed by atoms with E-state index < -0.39 is 25.2 Å². The number of aliphatic carboxylic acids is 1. The Hall–Kier alpha value is -1.90. The van der Waals surface area contributed by atoms with Crippen LogP contribution < -0.4 is 4.90 Å². The fourth-order valence-corrected chi connectivity index (χ4v) is 2.64. The molecule has 0 bridgehead atoms. The van der Waals surface area contributed by atoms with Gasteiger partial charge in [0.15, 0.2) is 0 Å². The zero-order chi connectivity index (χ0) is 14.9. The highest BCUT2D eigenvalue weighted by Crippen LogP contribution is 2.31. The molecule has 108 valence electrons. The normalized spacial score (nSPS) is 11.8. The van der Waals surface area contributed by atoms with Gasteiger partial charge >= 0.3 is 12.1 Å². The first-order valence-electron chi connectivity index (χ1n) is 5.51. The maximum Gasteiger partial charge on any atom is 0.405 e. The molecular weight excluding hydrogens is 295 g/mol. The van der Waals surface area contributed by atoms with E-state index in [2.05, 4.69) is 9.97 Å². The number of rotatable bonds is 4. The van der Waals surface area contributed by atoms with Crippen molar-refractivity contribution in [1.29, 1.82) is 0 Å². The Morgan fingerprint density at radius 1 is 1.45 bits per heavy atom. The SMILES string of the molecule is Cc1cc2c(N(CC(=O)O)CC(F)(F)F)ncnc2s1. The highest BCUT2D eigenvalue weighted by Gasteiger charge is 2.33. The number of hydrogen-bond acceptors (Lipinski definition) is 5. The summed E-state index contributed by atoms with van der Waals surface area (Å²) in [6.07, 6.45) is -3.38. The molecule has 0 radical (unpaired) electrons. The molecule has 0 aliphatic carbocycles. The summed E-state index contributed by atoms with van der Waals surface area (Å²) in [7, 11) is 0. The van der Waals surface area contributed by atoms with E-state index in [9.17, 15) is 18.0 Å². The number of fused-ring (bicyclic) bond motifs is 1. The molecule has 0 aromatic carbocycles. The molecule has 5 nitrogen and oxygen atoms in total. The zero-order valence-electron chi connectivity index (χ0n) is 10.3. The van der Waals surface area contributed by atoms with Crippen molar-refractivity contribution in [2.24, 2.45) is 0 Å². The Labute approximate surface area is 115 Å². The Morgan fingerprint density at radius 2 is 2.15 bits per heavy atom. The summed E-state index contributed by atoms with van der Waals surface area (Å²) in [5.74, 6) is -1.37. The van der Waals surface area contributed by atoms with Gasteiger partial charge in [0.05, 0.1) is 5.39 Å². The van der Waals surface area contributed by atoms with Gasteiger partial charge in [-0.1, -0.05) is 0 Å². The molecule has 0 atom stereocenters. The molecule has 2 aromatic rings. The number of halogens is 3. The van der Waals surface area contributed by atoms with Crippen molar-refractivity contribution in [1.82, 2.24) is 9.97 Å². The summed E-state index contributed by atoms with van der Waals surface area (Å²) in [4.78, 5) is 20.6. The average Bonchev–Trinajstić information content (AvgIpc) is 2.65. The molecule has 0 aliphatic heterocycles. The minimum absolute atomic E-state index is 0.0147. The van der Waals surface area contributed by atoms with Gasteiger partial charge < -0.3 is 10.0 Å². The number of carbonyl (C=O) groups is 1. The van der Waals surface area contributed by atoms with Crippen molar-refractivity contribution >= 4 is 33.3 Å². The van der Waals surface area contributed by atoms with Crippen molar-refractivity contribution < 1.29 is 23.1 Å². The number of alkyl halides is 3. The van der Waals surface area contributed by atoms with Crippen LogP contribution in [0.3, 0.4) is 0 Å². The molecule has 2 rings (SSSR count). The van der Waals surface area contributed by atoms with E-state index in [0.717, 1.165) is 11.2 Å². The molecule has 0 amide bonds. The van der Waals surface area contributed by atoms with Crippen LogP contribution in [0.25, 0.3) is 10.2 Å². The Balaban J connectivity index is 2.47. The van der Waals surface area contributed by atoms with E-state index in [0.29, 0.717) is 15.1 Å². The molecule has 0 saturated carbocycles. The lowest BCUT2D eigenvalue weighted by molar-refractivity contribution is -0.136. The summed E-state index contributed by atoms with van der Waals surface area (Å²) in [5, 5.41) is 9.20. The topological polar surface area (TPSA) is 66.3 Å². The molecule has 2 heterocycles. The van der Waals surface area contributed by atoms with Gasteiger partial charge in [0.2, 0.25) is 0 Å². The highest BCUT2D eigenvalue weighted by molar-refractivity contribution is 7.18. The lowest BCUT2D eigenvalue weighted by atomic mass is 10.3. The van der Waals surface area contributed by atoms with Crippen molar-refractivity contribution in [2.45, 2.75) is 13.1 Å². The quantitative estimate of drug-likeness (QED) is 0.940. The van der Waals surface area contributed by atoms with Crippen molar-refractivity contribution in [3.8, 4) is 0 Å². The minimum atomic E-state index is -4.52. The van der Waals surface area contributed by atoms with E-state index >= 15 is 0 Å². The minimum Gasteiger partial charge on any atom is -0.480 e. The molecule has 20 heavy (non-hydrogen) atoms. The van der Waals surface area contributed by atoms with Crippen LogP contribution in [0.5, 0.6) is 0 Å². The van der Waals surface area contributed by atoms with E-state index in [1.165, 1.54) is 11.3 Å². The van der Waals surface area contributed by atoms with Crippen LogP contribution in [0, 0.1) is 6.92 Å². The number of carboxylic acid groups (broad SMARTS) is 1. The number of thiophene rings is 1. The summed E-state index contributed by atoms with van der Waals surface area (Å²) in [6, 6.07) is 1.65. The van der Waals surface area contributed by atoms with E-state index in [4.69, 9.17) is 5.11 Å². The third-order valence-corrected chi connectivity index (χ3v) is 3.39. The first kappa shape index (κ1) is 14.5. The van der Waals surface area contributed by atoms with Gasteiger partial charge in [0.25, 0.3) is 0 Å². The van der Waals surface area contributed by atoms with E-state index in [1.807, 2.05) is 0 Å². The molecular formula is C11H10F3N3O2S. The Morgan fingerprint density at radius 3 is 2.75 bits per heavy atom. The number of aryl methyl sites for hydroxylation is 1. The van der Waals surface area contributed by atoms with Crippen LogP contribution in [0.2, 0.25) is 0 Å². The summed E-state index contributed by atoms with van der Waals surface area (Å²) < 4.78 is 37.7. The summed E-state index contributed by atoms with van der Waals surface area (Å²) >= 11 is 1.31. The largest absolute Gasteiger partial charge is 0.480 e. The monoisotopic (exact) mass is 305 g/mol. The highest BCUT2D eigenvalue weighted by atomic mass is 32.1. The van der Waals surface area contributed by atoms with Gasteiger partial charge in [-0.2, -0.15) is 13.2 Å². The standard InChI is InChI=1S/C11H10F3N3O2S/c1-6-2-7-9(15-5-16-10(7)20-6)17(3-8(18)19)4-11(12,13)14/h2,5H,3-4H2,1H3,(H,18,19). The molecule has 2 aromatic heterocycles. The number of carboxylic acids is 1. The fourth-order valence-electron chi connectivity index (χ4n) is 1.80. The first-order chi connectivity index (χ1) is 9.26. The second-order valence-corrected chi connectivity index (χ2v) is 5.37. The van der Waals surface area contributed by atoms with Gasteiger partial charge in [-0.15, -0.1) is 11.3 Å². The lowest BCUT2D eigenvalue weighted by Gasteiger charge is -2.23. The van der Waals surface area contributed by atoms with Gasteiger partial charge in [0.1, 0.15) is 30.1 Å². The molecule has 9 heteroatoms. The smallest absolute Gasteiger partial charge is 0.405 e. The summed E-state index contributed by atoms with van der Waals surface area (Å²) in [5.41, 5.74) is 0. The van der Waals surface area contributed by atoms with Gasteiger partial charge in [0, 0.05) is 4.88 Å². The number of hydrogen-bond donors (Lipinski definition) is 1. The Bertz CT molecular complexity index is 641. The molecule has 0 spiro atoms. The zero-order valence-corrected chi connectivity index (χ0v) is 11.1. The first-order valence-corrected chi connectivity index (χ1v) is 6.32. The third-order valence-electron chi connectivity index (χ3n) is 2.43. The number of anilines is 1. The average molecular weight is 305 g/mol. The Kier molecular flexibility index (Phi) is 3.80.